The van der Waals surface area contributed by atoms with Crippen LogP contribution < -0.4 is 0 Å². The van der Waals surface area contributed by atoms with Gasteiger partial charge >= 0.3 is 0 Å². The van der Waals surface area contributed by atoms with Crippen LogP contribution in [0.5, 0.6) is 0 Å². The zero-order chi connectivity index (χ0) is 19.0. The first-order chi connectivity index (χ1) is 13.0. The Bertz CT molecular complexity index is 868. The van der Waals surface area contributed by atoms with Crippen molar-refractivity contribution in [3.05, 3.63) is 59.6 Å². The molecular formula is C20H20F2N2O3. The van der Waals surface area contributed by atoms with Crippen LogP contribution in [-0.2, 0) is 11.3 Å². The summed E-state index contributed by atoms with van der Waals surface area (Å²) in [6.45, 7) is 1.35. The minimum Gasteiger partial charge on any atom is -0.459 e. The molecule has 1 aromatic carbocycles. The molecule has 2 aliphatic rings. The molecule has 0 aliphatic carbocycles. The number of carbonyl (C=O) groups excluding carboxylic acids is 2. The molecule has 3 heterocycles. The van der Waals surface area contributed by atoms with E-state index in [1.807, 2.05) is 0 Å². The van der Waals surface area contributed by atoms with Crippen LogP contribution in [0.2, 0.25) is 0 Å². The van der Waals surface area contributed by atoms with Gasteiger partial charge in [-0.2, -0.15) is 0 Å². The van der Waals surface area contributed by atoms with Gasteiger partial charge in [-0.3, -0.25) is 9.59 Å². The van der Waals surface area contributed by atoms with E-state index < -0.39 is 17.0 Å². The summed E-state index contributed by atoms with van der Waals surface area (Å²) in [5, 5.41) is 0. The molecule has 2 amide bonds. The van der Waals surface area contributed by atoms with Gasteiger partial charge in [0.25, 0.3) is 5.91 Å². The Labute approximate surface area is 155 Å². The average molecular weight is 374 g/mol. The quantitative estimate of drug-likeness (QED) is 0.829. The number of likely N-dealkylation sites (tertiary alicyclic amines) is 2. The summed E-state index contributed by atoms with van der Waals surface area (Å²) in [6.07, 6.45) is 3.47. The van der Waals surface area contributed by atoms with E-state index in [2.05, 4.69) is 0 Å². The highest BCUT2D eigenvalue weighted by molar-refractivity contribution is 5.93. The second-order valence-corrected chi connectivity index (χ2v) is 7.28. The number of piperidine rings is 1. The predicted octanol–water partition coefficient (Wildman–Crippen LogP) is 3.21. The second-order valence-electron chi connectivity index (χ2n) is 7.28. The lowest BCUT2D eigenvalue weighted by Crippen LogP contribution is -2.50. The highest BCUT2D eigenvalue weighted by atomic mass is 19.2. The number of benzene rings is 1. The van der Waals surface area contributed by atoms with E-state index in [-0.39, 0.29) is 29.7 Å². The third-order valence-corrected chi connectivity index (χ3v) is 5.59. The van der Waals surface area contributed by atoms with Crippen molar-refractivity contribution >= 4 is 11.8 Å². The molecule has 7 heteroatoms. The maximum absolute atomic E-state index is 14.0. The van der Waals surface area contributed by atoms with Crippen LogP contribution in [0.15, 0.2) is 41.0 Å². The third kappa shape index (κ3) is 3.11. The molecule has 2 fully saturated rings. The maximum Gasteiger partial charge on any atom is 0.289 e. The van der Waals surface area contributed by atoms with E-state index in [1.54, 1.807) is 21.9 Å². The molecule has 1 aromatic heterocycles. The lowest BCUT2D eigenvalue weighted by atomic mass is 9.78. The SMILES string of the molecule is O=C(c1ccco1)N1CCC2(CCCN(Cc3cccc(F)c3F)C2=O)C1. The number of nitrogens with zero attached hydrogens (tertiary/aromatic N) is 2. The first-order valence-corrected chi connectivity index (χ1v) is 9.05. The van der Waals surface area contributed by atoms with Crippen LogP contribution in [0.3, 0.4) is 0 Å². The Balaban J connectivity index is 1.50. The summed E-state index contributed by atoms with van der Waals surface area (Å²) in [4.78, 5) is 28.9. The van der Waals surface area contributed by atoms with Crippen LogP contribution in [-0.4, -0.2) is 41.2 Å². The molecule has 2 aromatic rings. The minimum absolute atomic E-state index is 0.0380. The molecule has 1 spiro atoms. The molecule has 4 rings (SSSR count). The number of rotatable bonds is 3. The molecule has 0 N–H and O–H groups in total. The number of amides is 2. The Morgan fingerprint density at radius 1 is 1.15 bits per heavy atom. The van der Waals surface area contributed by atoms with Crippen LogP contribution in [0.1, 0.15) is 35.4 Å². The summed E-state index contributed by atoms with van der Waals surface area (Å²) in [5.41, 5.74) is -0.480. The lowest BCUT2D eigenvalue weighted by Gasteiger charge is -2.39. The van der Waals surface area contributed by atoms with Crippen molar-refractivity contribution in [2.24, 2.45) is 5.41 Å². The second kappa shape index (κ2) is 6.79. The largest absolute Gasteiger partial charge is 0.459 e. The van der Waals surface area contributed by atoms with Crippen molar-refractivity contribution in [1.82, 2.24) is 9.80 Å². The zero-order valence-corrected chi connectivity index (χ0v) is 14.8. The van der Waals surface area contributed by atoms with E-state index in [0.29, 0.717) is 32.5 Å². The van der Waals surface area contributed by atoms with Gasteiger partial charge in [0.2, 0.25) is 5.91 Å². The third-order valence-electron chi connectivity index (χ3n) is 5.59. The van der Waals surface area contributed by atoms with E-state index in [0.717, 1.165) is 12.5 Å². The fourth-order valence-corrected chi connectivity index (χ4v) is 4.16. The molecule has 0 bridgehead atoms. The lowest BCUT2D eigenvalue weighted by molar-refractivity contribution is -0.146. The van der Waals surface area contributed by atoms with E-state index in [1.165, 1.54) is 18.4 Å². The Morgan fingerprint density at radius 2 is 2.00 bits per heavy atom. The fourth-order valence-electron chi connectivity index (χ4n) is 4.16. The van der Waals surface area contributed by atoms with Crippen LogP contribution in [0, 0.1) is 17.0 Å². The molecule has 0 saturated carbocycles. The minimum atomic E-state index is -0.914. The van der Waals surface area contributed by atoms with Crippen molar-refractivity contribution in [3.63, 3.8) is 0 Å². The van der Waals surface area contributed by atoms with Gasteiger partial charge in [-0.25, -0.2) is 8.78 Å². The van der Waals surface area contributed by atoms with Gasteiger partial charge in [-0.1, -0.05) is 12.1 Å². The highest BCUT2D eigenvalue weighted by Crippen LogP contribution is 2.41. The number of carbonyl (C=O) groups is 2. The highest BCUT2D eigenvalue weighted by Gasteiger charge is 2.49. The number of furan rings is 1. The van der Waals surface area contributed by atoms with E-state index in [4.69, 9.17) is 4.42 Å². The molecule has 2 aliphatic heterocycles. The smallest absolute Gasteiger partial charge is 0.289 e. The Morgan fingerprint density at radius 3 is 2.78 bits per heavy atom. The topological polar surface area (TPSA) is 53.8 Å². The van der Waals surface area contributed by atoms with Gasteiger partial charge in [0.05, 0.1) is 11.7 Å². The van der Waals surface area contributed by atoms with Crippen molar-refractivity contribution in [2.75, 3.05) is 19.6 Å². The number of hydrogen-bond donors (Lipinski definition) is 0. The molecule has 27 heavy (non-hydrogen) atoms. The molecule has 0 radical (unpaired) electrons. The number of hydrogen-bond acceptors (Lipinski definition) is 3. The summed E-state index contributed by atoms with van der Waals surface area (Å²) in [7, 11) is 0. The molecule has 1 atom stereocenters. The molecule has 1 unspecified atom stereocenters. The summed E-state index contributed by atoms with van der Waals surface area (Å²) in [5.74, 6) is -1.88. The summed E-state index contributed by atoms with van der Waals surface area (Å²) in [6, 6.07) is 7.26. The van der Waals surface area contributed by atoms with Gasteiger partial charge in [-0.05, 0) is 37.5 Å². The van der Waals surface area contributed by atoms with Crippen molar-refractivity contribution < 1.29 is 22.8 Å². The Hall–Kier alpha value is -2.70. The first kappa shape index (κ1) is 17.7. The van der Waals surface area contributed by atoms with Crippen LogP contribution in [0.25, 0.3) is 0 Å². The molecule has 142 valence electrons. The van der Waals surface area contributed by atoms with Crippen LogP contribution >= 0.6 is 0 Å². The normalized spacial score (nSPS) is 22.7. The van der Waals surface area contributed by atoms with Gasteiger partial charge in [0.1, 0.15) is 0 Å². The monoisotopic (exact) mass is 374 g/mol. The number of halogens is 2. The van der Waals surface area contributed by atoms with Crippen molar-refractivity contribution in [3.8, 4) is 0 Å². The van der Waals surface area contributed by atoms with E-state index >= 15 is 0 Å². The first-order valence-electron chi connectivity index (χ1n) is 9.05. The average Bonchev–Trinajstić information content (AvgIpc) is 3.33. The Kier molecular flexibility index (Phi) is 4.45. The molecule has 2 saturated heterocycles. The van der Waals surface area contributed by atoms with Gasteiger partial charge in [0.15, 0.2) is 17.4 Å². The van der Waals surface area contributed by atoms with E-state index in [9.17, 15) is 18.4 Å². The fraction of sp³-hybridized carbons (Fsp3) is 0.400. The zero-order valence-electron chi connectivity index (χ0n) is 14.8. The van der Waals surface area contributed by atoms with Gasteiger partial charge in [0, 0.05) is 31.7 Å². The van der Waals surface area contributed by atoms with Gasteiger partial charge < -0.3 is 14.2 Å². The standard InChI is InChI=1S/C20H20F2N2O3/c21-15-5-1-4-14(17(15)22)12-23-9-3-7-20(19(23)26)8-10-24(13-20)18(25)16-6-2-11-27-16/h1-2,4-6,11H,3,7-10,12-13H2. The maximum atomic E-state index is 14.0. The van der Waals surface area contributed by atoms with Gasteiger partial charge in [-0.15, -0.1) is 0 Å². The van der Waals surface area contributed by atoms with Crippen LogP contribution in [0.4, 0.5) is 8.78 Å². The summed E-state index contributed by atoms with van der Waals surface area (Å²) >= 11 is 0. The molecular weight excluding hydrogens is 354 g/mol. The van der Waals surface area contributed by atoms with Crippen molar-refractivity contribution in [2.45, 2.75) is 25.8 Å². The predicted molar refractivity (Wildman–Crippen MR) is 92.7 cm³/mol. The molecule has 5 nitrogen and oxygen atoms in total. The summed E-state index contributed by atoms with van der Waals surface area (Å²) < 4.78 is 32.6. The van der Waals surface area contributed by atoms with Crippen molar-refractivity contribution in [1.29, 1.82) is 0 Å².